The van der Waals surface area contributed by atoms with Crippen LogP contribution in [-0.2, 0) is 9.59 Å². The highest BCUT2D eigenvalue weighted by atomic mass is 19.1. The van der Waals surface area contributed by atoms with Crippen LogP contribution in [0.3, 0.4) is 0 Å². The van der Waals surface area contributed by atoms with Crippen molar-refractivity contribution in [2.75, 3.05) is 23.8 Å². The molecular weight excluding hydrogens is 379 g/mol. The van der Waals surface area contributed by atoms with Crippen molar-refractivity contribution in [3.63, 3.8) is 0 Å². The summed E-state index contributed by atoms with van der Waals surface area (Å²) in [6.45, 7) is 4.12. The van der Waals surface area contributed by atoms with E-state index in [2.05, 4.69) is 26.1 Å². The lowest BCUT2D eigenvalue weighted by Crippen LogP contribution is -2.41. The van der Waals surface area contributed by atoms with Crippen molar-refractivity contribution in [3.05, 3.63) is 11.6 Å². The fourth-order valence-corrected chi connectivity index (χ4v) is 3.55. The minimum absolute atomic E-state index is 0.0766. The monoisotopic (exact) mass is 410 g/mol. The molecule has 1 aromatic heterocycles. The van der Waals surface area contributed by atoms with Gasteiger partial charge in [0.1, 0.15) is 5.82 Å². The third-order valence-corrected chi connectivity index (χ3v) is 5.08. The molecule has 1 atom stereocenters. The molecule has 0 aliphatic heterocycles. The number of hydroxylamine groups is 2. The Kier molecular flexibility index (Phi) is 9.04. The van der Waals surface area contributed by atoms with Crippen LogP contribution < -0.4 is 16.2 Å². The number of anilines is 2. The van der Waals surface area contributed by atoms with Gasteiger partial charge >= 0.3 is 0 Å². The van der Waals surface area contributed by atoms with Gasteiger partial charge in [-0.1, -0.05) is 39.0 Å². The first-order valence-corrected chi connectivity index (χ1v) is 10.2. The molecule has 1 saturated carbocycles. The van der Waals surface area contributed by atoms with E-state index in [9.17, 15) is 19.2 Å². The van der Waals surface area contributed by atoms with Crippen LogP contribution in [0.25, 0.3) is 0 Å². The van der Waals surface area contributed by atoms with Crippen molar-refractivity contribution >= 4 is 24.0 Å². The van der Waals surface area contributed by atoms with E-state index in [1.54, 1.807) is 6.92 Å². The Balaban J connectivity index is 2.02. The van der Waals surface area contributed by atoms with E-state index >= 15 is 0 Å². The number of carbonyl (C=O) groups excluding carboxylic acids is 2. The molecule has 0 saturated heterocycles. The van der Waals surface area contributed by atoms with Crippen LogP contribution in [0.4, 0.5) is 16.0 Å². The molecule has 1 aliphatic carbocycles. The maximum absolute atomic E-state index is 14.6. The van der Waals surface area contributed by atoms with Crippen LogP contribution >= 0.6 is 0 Å². The minimum atomic E-state index is -0.684. The van der Waals surface area contributed by atoms with Gasteiger partial charge in [-0.05, 0) is 25.7 Å². The fraction of sp³-hybridized carbons (Fsp3) is 0.684. The Morgan fingerprint density at radius 2 is 2.03 bits per heavy atom. The molecule has 0 bridgehead atoms. The number of hydrogen-bond donors (Lipinski definition) is 4. The number of halogens is 1. The van der Waals surface area contributed by atoms with E-state index in [1.807, 2.05) is 6.92 Å². The Morgan fingerprint density at radius 1 is 1.34 bits per heavy atom. The van der Waals surface area contributed by atoms with Gasteiger partial charge in [-0.3, -0.25) is 25.6 Å². The van der Waals surface area contributed by atoms with Gasteiger partial charge in [-0.25, -0.2) is 15.0 Å². The van der Waals surface area contributed by atoms with E-state index in [0.29, 0.717) is 29.8 Å². The number of rotatable bonds is 12. The average molecular weight is 410 g/mol. The SMILES string of the molecule is CCCCNc1nc(C)nc(NNC(=O)C(CC2CCCC2)CN(O)C=O)c1F. The quantitative estimate of drug-likeness (QED) is 0.181. The smallest absolute Gasteiger partial charge is 0.243 e. The van der Waals surface area contributed by atoms with Gasteiger partial charge in [0.2, 0.25) is 18.1 Å². The van der Waals surface area contributed by atoms with Gasteiger partial charge in [-0.2, -0.15) is 4.39 Å². The summed E-state index contributed by atoms with van der Waals surface area (Å²) < 4.78 is 14.6. The second kappa shape index (κ2) is 11.5. The molecule has 10 heteroatoms. The molecule has 1 heterocycles. The zero-order valence-corrected chi connectivity index (χ0v) is 17.1. The predicted octanol–water partition coefficient (Wildman–Crippen LogP) is 2.62. The first-order valence-electron chi connectivity index (χ1n) is 10.2. The molecule has 9 nitrogen and oxygen atoms in total. The standard InChI is InChI=1S/C19H31FN6O3/c1-3-4-9-21-17-16(20)18(23-13(2)22-17)24-25-19(28)15(11-26(29)12-27)10-14-7-5-6-8-14/h12,14-15,29H,3-11H2,1-2H3,(H,25,28)(H2,21,22,23,24). The Morgan fingerprint density at radius 3 is 2.69 bits per heavy atom. The molecule has 1 aliphatic rings. The first kappa shape index (κ1) is 22.8. The second-order valence-electron chi connectivity index (χ2n) is 7.49. The number of hydrogen-bond acceptors (Lipinski definition) is 7. The largest absolute Gasteiger partial charge is 0.367 e. The van der Waals surface area contributed by atoms with Crippen LogP contribution in [0.1, 0.15) is 57.7 Å². The topological polar surface area (TPSA) is 119 Å². The normalized spacial score (nSPS) is 15.0. The molecule has 4 N–H and O–H groups in total. The van der Waals surface area contributed by atoms with Crippen LogP contribution in [0.2, 0.25) is 0 Å². The third-order valence-electron chi connectivity index (χ3n) is 5.08. The van der Waals surface area contributed by atoms with Crippen LogP contribution in [0, 0.1) is 24.6 Å². The number of nitrogens with zero attached hydrogens (tertiary/aromatic N) is 3. The highest BCUT2D eigenvalue weighted by Gasteiger charge is 2.27. The molecule has 1 unspecified atom stereocenters. The van der Waals surface area contributed by atoms with Crippen molar-refractivity contribution in [1.29, 1.82) is 0 Å². The fourth-order valence-electron chi connectivity index (χ4n) is 3.55. The molecule has 0 aromatic carbocycles. The molecule has 0 radical (unpaired) electrons. The number of aryl methyl sites for hydroxylation is 1. The zero-order valence-electron chi connectivity index (χ0n) is 17.1. The molecule has 2 amide bonds. The number of aromatic nitrogens is 2. The molecule has 2 rings (SSSR count). The average Bonchev–Trinajstić information content (AvgIpc) is 3.21. The van der Waals surface area contributed by atoms with E-state index in [4.69, 9.17) is 0 Å². The number of unbranched alkanes of at least 4 members (excludes halogenated alkanes) is 1. The summed E-state index contributed by atoms with van der Waals surface area (Å²) >= 11 is 0. The van der Waals surface area contributed by atoms with E-state index in [-0.39, 0.29) is 24.6 Å². The molecule has 1 aromatic rings. The van der Waals surface area contributed by atoms with Crippen molar-refractivity contribution in [3.8, 4) is 0 Å². The molecule has 162 valence electrons. The zero-order chi connectivity index (χ0) is 21.2. The molecule has 29 heavy (non-hydrogen) atoms. The van der Waals surface area contributed by atoms with Crippen LogP contribution in [0.5, 0.6) is 0 Å². The molecule has 0 spiro atoms. The lowest BCUT2D eigenvalue weighted by molar-refractivity contribution is -0.154. The summed E-state index contributed by atoms with van der Waals surface area (Å²) in [5.41, 5.74) is 4.99. The third kappa shape index (κ3) is 7.12. The second-order valence-corrected chi connectivity index (χ2v) is 7.49. The minimum Gasteiger partial charge on any atom is -0.367 e. The Bertz CT molecular complexity index is 684. The van der Waals surface area contributed by atoms with Crippen molar-refractivity contribution < 1.29 is 19.2 Å². The lowest BCUT2D eigenvalue weighted by Gasteiger charge is -2.22. The first-order chi connectivity index (χ1) is 13.9. The van der Waals surface area contributed by atoms with Gasteiger partial charge < -0.3 is 5.32 Å². The van der Waals surface area contributed by atoms with Crippen molar-refractivity contribution in [2.45, 2.75) is 58.8 Å². The van der Waals surface area contributed by atoms with E-state index < -0.39 is 17.6 Å². The van der Waals surface area contributed by atoms with E-state index in [0.717, 1.165) is 38.5 Å². The van der Waals surface area contributed by atoms with Crippen molar-refractivity contribution in [2.24, 2.45) is 11.8 Å². The highest BCUT2D eigenvalue weighted by Crippen LogP contribution is 2.30. The van der Waals surface area contributed by atoms with Crippen molar-refractivity contribution in [1.82, 2.24) is 20.5 Å². The van der Waals surface area contributed by atoms with Gasteiger partial charge in [0.25, 0.3) is 0 Å². The van der Waals surface area contributed by atoms with Gasteiger partial charge in [0.15, 0.2) is 11.6 Å². The predicted molar refractivity (Wildman–Crippen MR) is 107 cm³/mol. The van der Waals surface area contributed by atoms with Crippen LogP contribution in [-0.4, -0.2) is 45.6 Å². The maximum Gasteiger partial charge on any atom is 0.243 e. The number of carbonyl (C=O) groups is 2. The molecular formula is C19H31FN6O3. The van der Waals surface area contributed by atoms with Crippen LogP contribution in [0.15, 0.2) is 0 Å². The van der Waals surface area contributed by atoms with Gasteiger partial charge in [0.05, 0.1) is 12.5 Å². The summed E-state index contributed by atoms with van der Waals surface area (Å²) in [4.78, 5) is 31.5. The number of nitrogens with one attached hydrogen (secondary N) is 3. The number of amides is 2. The molecule has 1 fully saturated rings. The summed E-state index contributed by atoms with van der Waals surface area (Å²) in [5, 5.41) is 12.9. The van der Waals surface area contributed by atoms with Gasteiger partial charge in [-0.15, -0.1) is 0 Å². The summed E-state index contributed by atoms with van der Waals surface area (Å²) in [5.74, 6) is -1.07. The summed E-state index contributed by atoms with van der Waals surface area (Å²) in [6.07, 6.45) is 6.94. The van der Waals surface area contributed by atoms with Gasteiger partial charge in [0, 0.05) is 6.54 Å². The Labute approximate surface area is 170 Å². The number of hydrazine groups is 1. The summed E-state index contributed by atoms with van der Waals surface area (Å²) in [6, 6.07) is 0. The summed E-state index contributed by atoms with van der Waals surface area (Å²) in [7, 11) is 0. The maximum atomic E-state index is 14.6. The highest BCUT2D eigenvalue weighted by molar-refractivity contribution is 5.80. The lowest BCUT2D eigenvalue weighted by atomic mass is 9.92. The Hall–Kier alpha value is -2.49. The van der Waals surface area contributed by atoms with E-state index in [1.165, 1.54) is 0 Å².